The summed E-state index contributed by atoms with van der Waals surface area (Å²) in [4.78, 5) is 32.4. The molecule has 7 nitrogen and oxygen atoms in total. The van der Waals surface area contributed by atoms with Crippen LogP contribution in [-0.2, 0) is 0 Å². The van der Waals surface area contributed by atoms with Gasteiger partial charge in [0.25, 0.3) is 10.9 Å². The van der Waals surface area contributed by atoms with Crippen LogP contribution in [0, 0.1) is 5.82 Å². The quantitative estimate of drug-likeness (QED) is 0.494. The smallest absolute Gasteiger partial charge is 0.271 e. The number of aromatic hydroxyl groups is 1. The van der Waals surface area contributed by atoms with E-state index in [0.29, 0.717) is 36.5 Å². The average Bonchev–Trinajstić information content (AvgIpc) is 3.24. The highest BCUT2D eigenvalue weighted by atomic mass is 19.1. The Bertz CT molecular complexity index is 1430. The van der Waals surface area contributed by atoms with Crippen LogP contribution < -0.4 is 20.5 Å². The third kappa shape index (κ3) is 2.99. The SMILES string of the molecule is COc1ccc(F)cc1-c1ccnc2[nH]c(C3=CCN(c4c(O)c(=O)c4=O)CC3)cc12. The molecule has 0 radical (unpaired) electrons. The molecule has 3 heterocycles. The summed E-state index contributed by atoms with van der Waals surface area (Å²) in [6, 6.07) is 8.19. The highest BCUT2D eigenvalue weighted by Crippen LogP contribution is 2.37. The van der Waals surface area contributed by atoms with Crippen LogP contribution in [0.25, 0.3) is 27.7 Å². The number of methoxy groups -OCH3 is 1. The van der Waals surface area contributed by atoms with E-state index in [0.717, 1.165) is 22.2 Å². The third-order valence-electron chi connectivity index (χ3n) is 5.72. The summed E-state index contributed by atoms with van der Waals surface area (Å²) >= 11 is 0. The molecule has 31 heavy (non-hydrogen) atoms. The molecule has 2 N–H and O–H groups in total. The molecule has 0 bridgehead atoms. The number of hydrogen-bond acceptors (Lipinski definition) is 6. The minimum absolute atomic E-state index is 0.0964. The monoisotopic (exact) mass is 419 g/mol. The summed E-state index contributed by atoms with van der Waals surface area (Å²) in [5, 5.41) is 10.5. The fraction of sp³-hybridized carbons (Fsp3) is 0.174. The van der Waals surface area contributed by atoms with E-state index < -0.39 is 16.6 Å². The number of hydrogen-bond donors (Lipinski definition) is 2. The van der Waals surface area contributed by atoms with Crippen LogP contribution >= 0.6 is 0 Å². The van der Waals surface area contributed by atoms with Gasteiger partial charge in [0.1, 0.15) is 22.9 Å². The molecule has 0 spiro atoms. The number of nitrogens with zero attached hydrogens (tertiary/aromatic N) is 2. The first-order valence-electron chi connectivity index (χ1n) is 9.76. The van der Waals surface area contributed by atoms with Crippen molar-refractivity contribution in [1.82, 2.24) is 9.97 Å². The molecule has 0 amide bonds. The molecular formula is C23H18FN3O4. The van der Waals surface area contributed by atoms with Crippen molar-refractivity contribution in [3.05, 3.63) is 74.6 Å². The van der Waals surface area contributed by atoms with E-state index in [4.69, 9.17) is 4.74 Å². The van der Waals surface area contributed by atoms with Gasteiger partial charge in [0.05, 0.1) is 7.11 Å². The average molecular weight is 419 g/mol. The Morgan fingerprint density at radius 3 is 2.71 bits per heavy atom. The highest BCUT2D eigenvalue weighted by Gasteiger charge is 2.27. The molecule has 0 fully saturated rings. The lowest BCUT2D eigenvalue weighted by Crippen LogP contribution is -2.41. The van der Waals surface area contributed by atoms with Gasteiger partial charge in [-0.25, -0.2) is 9.37 Å². The number of rotatable bonds is 4. The number of nitrogens with one attached hydrogen (secondary N) is 1. The second-order valence-electron chi connectivity index (χ2n) is 7.43. The third-order valence-corrected chi connectivity index (χ3v) is 5.72. The minimum Gasteiger partial charge on any atom is -0.502 e. The number of fused-ring (bicyclic) bond motifs is 1. The van der Waals surface area contributed by atoms with E-state index in [-0.39, 0.29) is 11.5 Å². The molecule has 0 saturated heterocycles. The summed E-state index contributed by atoms with van der Waals surface area (Å²) in [6.45, 7) is 0.902. The van der Waals surface area contributed by atoms with Gasteiger partial charge in [-0.1, -0.05) is 6.08 Å². The molecule has 0 atom stereocenters. The number of pyridine rings is 1. The molecule has 0 unspecified atom stereocenters. The fourth-order valence-electron chi connectivity index (χ4n) is 4.10. The molecule has 1 aliphatic rings. The van der Waals surface area contributed by atoms with Crippen LogP contribution in [0.3, 0.4) is 0 Å². The Hall–Kier alpha value is -3.94. The maximum absolute atomic E-state index is 13.9. The standard InChI is InChI=1S/C23H18FN3O4/c1-31-18-3-2-13(24)10-15(18)14-4-7-25-23-16(14)11-17(26-23)12-5-8-27(9-6-12)19-20(28)22(30)21(19)29/h2-5,7,10-11,28H,6,8-9H2,1H3,(H,25,26). The summed E-state index contributed by atoms with van der Waals surface area (Å²) < 4.78 is 19.3. The van der Waals surface area contributed by atoms with Crippen molar-refractivity contribution in [1.29, 1.82) is 0 Å². The summed E-state index contributed by atoms with van der Waals surface area (Å²) in [7, 11) is 1.55. The van der Waals surface area contributed by atoms with E-state index in [1.165, 1.54) is 12.1 Å². The van der Waals surface area contributed by atoms with Crippen molar-refractivity contribution in [2.24, 2.45) is 0 Å². The maximum Gasteiger partial charge on any atom is 0.271 e. The summed E-state index contributed by atoms with van der Waals surface area (Å²) in [5.41, 5.74) is 2.64. The normalized spacial score (nSPS) is 14.3. The van der Waals surface area contributed by atoms with Gasteiger partial charge in [-0.3, -0.25) is 9.59 Å². The van der Waals surface area contributed by atoms with E-state index >= 15 is 0 Å². The van der Waals surface area contributed by atoms with Gasteiger partial charge in [-0.15, -0.1) is 0 Å². The van der Waals surface area contributed by atoms with Gasteiger partial charge in [-0.05, 0) is 47.9 Å². The Balaban J connectivity index is 1.51. The lowest BCUT2D eigenvalue weighted by Gasteiger charge is -2.28. The predicted octanol–water partition coefficient (Wildman–Crippen LogP) is 2.97. The van der Waals surface area contributed by atoms with Crippen molar-refractivity contribution in [3.8, 4) is 22.6 Å². The Morgan fingerprint density at radius 2 is 2.00 bits per heavy atom. The minimum atomic E-state index is -0.827. The van der Waals surface area contributed by atoms with Crippen LogP contribution in [0.1, 0.15) is 12.1 Å². The molecule has 156 valence electrons. The zero-order valence-corrected chi connectivity index (χ0v) is 16.6. The predicted molar refractivity (Wildman–Crippen MR) is 116 cm³/mol. The van der Waals surface area contributed by atoms with E-state index in [1.807, 2.05) is 18.2 Å². The number of aromatic amines is 1. The van der Waals surface area contributed by atoms with Gasteiger partial charge < -0.3 is 19.7 Å². The number of halogens is 1. The van der Waals surface area contributed by atoms with E-state index in [1.54, 1.807) is 24.3 Å². The first-order valence-corrected chi connectivity index (χ1v) is 9.76. The largest absolute Gasteiger partial charge is 0.502 e. The first-order chi connectivity index (χ1) is 15.0. The van der Waals surface area contributed by atoms with Gasteiger partial charge >= 0.3 is 0 Å². The molecule has 0 aliphatic carbocycles. The van der Waals surface area contributed by atoms with Crippen molar-refractivity contribution < 1.29 is 14.2 Å². The van der Waals surface area contributed by atoms with E-state index in [2.05, 4.69) is 9.97 Å². The zero-order valence-electron chi connectivity index (χ0n) is 16.6. The van der Waals surface area contributed by atoms with Gasteiger partial charge in [0.2, 0.25) is 0 Å². The number of H-pyrrole nitrogens is 1. The number of ether oxygens (including phenoxy) is 1. The molecule has 2 aromatic carbocycles. The number of aromatic nitrogens is 2. The van der Waals surface area contributed by atoms with Crippen molar-refractivity contribution in [2.45, 2.75) is 6.42 Å². The van der Waals surface area contributed by atoms with Crippen molar-refractivity contribution >= 4 is 22.3 Å². The summed E-state index contributed by atoms with van der Waals surface area (Å²) in [5.74, 6) is -0.240. The molecule has 2 aromatic heterocycles. The second kappa shape index (κ2) is 7.09. The van der Waals surface area contributed by atoms with Gasteiger partial charge in [-0.2, -0.15) is 0 Å². The van der Waals surface area contributed by atoms with Crippen LogP contribution in [0.15, 0.2) is 52.2 Å². The lowest BCUT2D eigenvalue weighted by atomic mass is 10.0. The number of benzene rings is 1. The summed E-state index contributed by atoms with van der Waals surface area (Å²) in [6.07, 6.45) is 4.23. The topological polar surface area (TPSA) is 95.5 Å². The van der Waals surface area contributed by atoms with Crippen LogP contribution in [0.5, 0.6) is 11.5 Å². The first kappa shape index (κ1) is 19.0. The van der Waals surface area contributed by atoms with E-state index in [9.17, 15) is 19.1 Å². The van der Waals surface area contributed by atoms with Crippen molar-refractivity contribution in [3.63, 3.8) is 0 Å². The van der Waals surface area contributed by atoms with Crippen LogP contribution in [-0.4, -0.2) is 35.3 Å². The molecular weight excluding hydrogens is 401 g/mol. The van der Waals surface area contributed by atoms with Gasteiger partial charge in [0.15, 0.2) is 5.75 Å². The fourth-order valence-corrected chi connectivity index (χ4v) is 4.10. The second-order valence-corrected chi connectivity index (χ2v) is 7.43. The Morgan fingerprint density at radius 1 is 1.16 bits per heavy atom. The highest BCUT2D eigenvalue weighted by molar-refractivity contribution is 5.96. The van der Waals surface area contributed by atoms with Crippen LogP contribution in [0.2, 0.25) is 0 Å². The Kier molecular flexibility index (Phi) is 4.35. The molecule has 5 rings (SSSR count). The Labute approximate surface area is 175 Å². The number of anilines is 1. The lowest BCUT2D eigenvalue weighted by molar-refractivity contribution is 0.415. The molecule has 0 saturated carbocycles. The zero-order chi connectivity index (χ0) is 21.7. The molecule has 8 heteroatoms. The maximum atomic E-state index is 13.9. The van der Waals surface area contributed by atoms with Crippen molar-refractivity contribution in [2.75, 3.05) is 25.1 Å². The van der Waals surface area contributed by atoms with Gasteiger partial charge in [0, 0.05) is 35.9 Å². The van der Waals surface area contributed by atoms with Crippen LogP contribution in [0.4, 0.5) is 10.1 Å². The molecule has 1 aliphatic heterocycles. The molecule has 4 aromatic rings.